The predicted octanol–water partition coefficient (Wildman–Crippen LogP) is 3.53. The van der Waals surface area contributed by atoms with E-state index in [9.17, 15) is 9.59 Å². The van der Waals surface area contributed by atoms with Crippen molar-refractivity contribution in [2.24, 2.45) is 0 Å². The standard InChI is InChI=1S/C22H31N3O2Si/c1-22(2,3)28(4,5)25-14-15(16-9-6-7-10-18(16)25)13-17-21(27)24-12-8-11-19(24)20(26)23-17/h6-7,9-10,14,17,19H,8,11-13H2,1-5H3,(H,23,26). The van der Waals surface area contributed by atoms with E-state index in [1.807, 2.05) is 0 Å². The summed E-state index contributed by atoms with van der Waals surface area (Å²) in [5.41, 5.74) is 2.38. The Morgan fingerprint density at radius 3 is 2.61 bits per heavy atom. The number of amides is 2. The molecule has 2 aromatic rings. The van der Waals surface area contributed by atoms with Crippen molar-refractivity contribution in [3.05, 3.63) is 36.0 Å². The van der Waals surface area contributed by atoms with Gasteiger partial charge in [0.05, 0.1) is 0 Å². The number of piperazine rings is 1. The van der Waals surface area contributed by atoms with Crippen LogP contribution in [0.3, 0.4) is 0 Å². The van der Waals surface area contributed by atoms with E-state index in [4.69, 9.17) is 0 Å². The molecule has 0 spiro atoms. The van der Waals surface area contributed by atoms with Gasteiger partial charge in [-0.25, -0.2) is 0 Å². The number of hydrogen-bond donors (Lipinski definition) is 1. The lowest BCUT2D eigenvalue weighted by Gasteiger charge is -2.38. The number of para-hydroxylation sites is 1. The van der Waals surface area contributed by atoms with Gasteiger partial charge in [0.15, 0.2) is 8.24 Å². The fraction of sp³-hybridized carbons (Fsp3) is 0.545. The average Bonchev–Trinajstić information content (AvgIpc) is 3.24. The second kappa shape index (κ2) is 6.48. The van der Waals surface area contributed by atoms with E-state index in [1.54, 1.807) is 4.90 Å². The normalized spacial score (nSPS) is 23.2. The number of hydrogen-bond acceptors (Lipinski definition) is 2. The van der Waals surface area contributed by atoms with Gasteiger partial charge in [-0.05, 0) is 35.7 Å². The molecule has 2 aliphatic rings. The van der Waals surface area contributed by atoms with Crippen LogP contribution in [0.1, 0.15) is 39.2 Å². The highest BCUT2D eigenvalue weighted by atomic mass is 28.3. The third-order valence-electron chi connectivity index (χ3n) is 7.11. The predicted molar refractivity (Wildman–Crippen MR) is 115 cm³/mol. The smallest absolute Gasteiger partial charge is 0.246 e. The SMILES string of the molecule is CC(C)(C)[Si](C)(C)n1cc(CC2NC(=O)C3CCCN3C2=O)c2ccccc21. The molecule has 4 rings (SSSR count). The zero-order valence-corrected chi connectivity index (χ0v) is 18.6. The van der Waals surface area contributed by atoms with Crippen molar-refractivity contribution in [2.75, 3.05) is 6.54 Å². The van der Waals surface area contributed by atoms with E-state index in [0.29, 0.717) is 13.0 Å². The van der Waals surface area contributed by atoms with Crippen LogP contribution in [0, 0.1) is 0 Å². The quantitative estimate of drug-likeness (QED) is 0.806. The molecule has 1 N–H and O–H groups in total. The fourth-order valence-corrected chi connectivity index (χ4v) is 6.43. The average molecular weight is 398 g/mol. The van der Waals surface area contributed by atoms with Crippen LogP contribution >= 0.6 is 0 Å². The Balaban J connectivity index is 1.72. The van der Waals surface area contributed by atoms with E-state index < -0.39 is 14.3 Å². The highest BCUT2D eigenvalue weighted by Gasteiger charge is 2.43. The second-order valence-corrected chi connectivity index (χ2v) is 14.9. The van der Waals surface area contributed by atoms with Gasteiger partial charge >= 0.3 is 0 Å². The summed E-state index contributed by atoms with van der Waals surface area (Å²) >= 11 is 0. The zero-order valence-electron chi connectivity index (χ0n) is 17.6. The molecule has 2 aliphatic heterocycles. The van der Waals surface area contributed by atoms with Gasteiger partial charge in [-0.15, -0.1) is 0 Å². The van der Waals surface area contributed by atoms with Gasteiger partial charge in [0.2, 0.25) is 11.8 Å². The lowest BCUT2D eigenvalue weighted by Crippen LogP contribution is -2.61. The van der Waals surface area contributed by atoms with E-state index in [2.05, 4.69) is 73.9 Å². The number of nitrogens with one attached hydrogen (secondary N) is 1. The third kappa shape index (κ3) is 2.89. The first-order valence-corrected chi connectivity index (χ1v) is 13.3. The Bertz CT molecular complexity index is 941. The van der Waals surface area contributed by atoms with Crippen molar-refractivity contribution in [3.8, 4) is 0 Å². The summed E-state index contributed by atoms with van der Waals surface area (Å²) in [6, 6.07) is 7.74. The molecule has 2 unspecified atom stereocenters. The van der Waals surface area contributed by atoms with Crippen molar-refractivity contribution in [3.63, 3.8) is 0 Å². The first-order valence-electron chi connectivity index (χ1n) is 10.3. The van der Waals surface area contributed by atoms with Crippen molar-refractivity contribution >= 4 is 31.0 Å². The van der Waals surface area contributed by atoms with Gasteiger partial charge in [0, 0.05) is 23.9 Å². The maximum absolute atomic E-state index is 13.0. The van der Waals surface area contributed by atoms with Gasteiger partial charge in [-0.2, -0.15) is 0 Å². The molecule has 2 amide bonds. The molecule has 150 valence electrons. The zero-order chi connectivity index (χ0) is 20.3. The van der Waals surface area contributed by atoms with Crippen molar-refractivity contribution in [1.82, 2.24) is 14.4 Å². The molecule has 0 radical (unpaired) electrons. The monoisotopic (exact) mass is 397 g/mol. The molecular formula is C22H31N3O2Si. The summed E-state index contributed by atoms with van der Waals surface area (Å²) in [5.74, 6) is 0.0847. The molecule has 2 fully saturated rings. The summed E-state index contributed by atoms with van der Waals surface area (Å²) < 4.78 is 2.48. The summed E-state index contributed by atoms with van der Waals surface area (Å²) in [7, 11) is -1.81. The molecular weight excluding hydrogens is 366 g/mol. The first kappa shape index (κ1) is 19.2. The fourth-order valence-electron chi connectivity index (χ4n) is 4.43. The summed E-state index contributed by atoms with van der Waals surface area (Å²) in [6.07, 6.45) is 4.50. The van der Waals surface area contributed by atoms with Crippen LogP contribution in [0.2, 0.25) is 18.1 Å². The second-order valence-electron chi connectivity index (χ2n) is 9.81. The lowest BCUT2D eigenvalue weighted by atomic mass is 10.0. The van der Waals surface area contributed by atoms with Crippen molar-refractivity contribution < 1.29 is 9.59 Å². The minimum atomic E-state index is -1.81. The highest BCUT2D eigenvalue weighted by Crippen LogP contribution is 2.40. The first-order chi connectivity index (χ1) is 13.1. The lowest BCUT2D eigenvalue weighted by molar-refractivity contribution is -0.146. The number of nitrogens with zero attached hydrogens (tertiary/aromatic N) is 2. The molecule has 0 bridgehead atoms. The topological polar surface area (TPSA) is 54.3 Å². The van der Waals surface area contributed by atoms with E-state index >= 15 is 0 Å². The molecule has 1 aromatic heterocycles. The number of benzene rings is 1. The van der Waals surface area contributed by atoms with Gasteiger partial charge in [-0.3, -0.25) is 9.59 Å². The molecule has 0 saturated carbocycles. The summed E-state index contributed by atoms with van der Waals surface area (Å²) in [6.45, 7) is 12.4. The number of carbonyl (C=O) groups excluding carboxylic acids is 2. The van der Waals surface area contributed by atoms with Gasteiger partial charge in [0.1, 0.15) is 12.1 Å². The van der Waals surface area contributed by atoms with Gasteiger partial charge < -0.3 is 14.4 Å². The summed E-state index contributed by atoms with van der Waals surface area (Å²) in [5, 5.41) is 4.39. The van der Waals surface area contributed by atoms with Crippen LogP contribution in [0.5, 0.6) is 0 Å². The minimum Gasteiger partial charge on any atom is -0.374 e. The van der Waals surface area contributed by atoms with Crippen LogP contribution in [-0.4, -0.2) is 47.8 Å². The molecule has 1 aromatic carbocycles. The Morgan fingerprint density at radius 2 is 1.89 bits per heavy atom. The highest BCUT2D eigenvalue weighted by molar-refractivity contribution is 6.79. The number of rotatable bonds is 3. The number of carbonyl (C=O) groups is 2. The van der Waals surface area contributed by atoms with E-state index in [0.717, 1.165) is 18.4 Å². The van der Waals surface area contributed by atoms with Crippen LogP contribution in [0.25, 0.3) is 10.9 Å². The minimum absolute atomic E-state index is 0.00948. The molecule has 2 saturated heterocycles. The Morgan fingerprint density at radius 1 is 1.18 bits per heavy atom. The largest absolute Gasteiger partial charge is 0.374 e. The van der Waals surface area contributed by atoms with E-state index in [1.165, 1.54) is 10.9 Å². The molecule has 28 heavy (non-hydrogen) atoms. The van der Waals surface area contributed by atoms with Crippen LogP contribution in [-0.2, 0) is 16.0 Å². The van der Waals surface area contributed by atoms with E-state index in [-0.39, 0.29) is 22.9 Å². The molecule has 5 nitrogen and oxygen atoms in total. The summed E-state index contributed by atoms with van der Waals surface area (Å²) in [4.78, 5) is 27.2. The van der Waals surface area contributed by atoms with Crippen molar-refractivity contribution in [1.29, 1.82) is 0 Å². The molecule has 0 aliphatic carbocycles. The van der Waals surface area contributed by atoms with Crippen LogP contribution in [0.15, 0.2) is 30.5 Å². The van der Waals surface area contributed by atoms with Crippen LogP contribution in [0.4, 0.5) is 0 Å². The Hall–Kier alpha value is -2.08. The number of fused-ring (bicyclic) bond motifs is 2. The number of aromatic nitrogens is 1. The van der Waals surface area contributed by atoms with Crippen molar-refractivity contribution in [2.45, 2.75) is 70.2 Å². The van der Waals surface area contributed by atoms with Gasteiger partial charge in [0.25, 0.3) is 0 Å². The van der Waals surface area contributed by atoms with Gasteiger partial charge in [-0.1, -0.05) is 52.1 Å². The maximum Gasteiger partial charge on any atom is 0.246 e. The third-order valence-corrected chi connectivity index (χ3v) is 12.4. The molecule has 6 heteroatoms. The van der Waals surface area contributed by atoms with Crippen LogP contribution < -0.4 is 5.32 Å². The molecule has 2 atom stereocenters. The molecule has 3 heterocycles. The Labute approximate surface area is 168 Å². The Kier molecular flexibility index (Phi) is 4.45. The maximum atomic E-state index is 13.0.